The lowest BCUT2D eigenvalue weighted by atomic mass is 10.1. The Kier molecular flexibility index (Phi) is 4.15. The molecule has 0 bridgehead atoms. The Morgan fingerprint density at radius 3 is 2.86 bits per heavy atom. The van der Waals surface area contributed by atoms with Crippen LogP contribution in [0.15, 0.2) is 42.6 Å². The van der Waals surface area contributed by atoms with E-state index in [1.807, 2.05) is 36.5 Å². The summed E-state index contributed by atoms with van der Waals surface area (Å²) in [6.07, 6.45) is 4.95. The molecule has 3 rings (SSSR count). The first-order chi connectivity index (χ1) is 10.3. The lowest BCUT2D eigenvalue weighted by Gasteiger charge is -2.08. The molecular formula is C17H18N2O2. The van der Waals surface area contributed by atoms with Gasteiger partial charge >= 0.3 is 6.09 Å². The number of benzene rings is 1. The molecule has 0 fully saturated rings. The Bertz CT molecular complexity index is 626. The third-order valence-electron chi connectivity index (χ3n) is 3.66. The highest BCUT2D eigenvalue weighted by atomic mass is 16.5. The Hall–Kier alpha value is -2.36. The molecular weight excluding hydrogens is 264 g/mol. The normalized spacial score (nSPS) is 12.8. The van der Waals surface area contributed by atoms with E-state index in [2.05, 4.69) is 16.4 Å². The standard InChI is InChI=1S/C17H18N2O2/c20-17(21-12-13-5-2-1-3-6-13)19-11-16-9-14-7-4-8-15(14)10-18-16/h1-3,5-6,9-10H,4,7-8,11-12H2,(H,19,20). The highest BCUT2D eigenvalue weighted by Gasteiger charge is 2.12. The molecule has 0 spiro atoms. The lowest BCUT2D eigenvalue weighted by molar-refractivity contribution is 0.139. The number of nitrogens with one attached hydrogen (secondary N) is 1. The van der Waals surface area contributed by atoms with E-state index in [0.717, 1.165) is 24.1 Å². The van der Waals surface area contributed by atoms with Gasteiger partial charge in [-0.2, -0.15) is 0 Å². The third kappa shape index (κ3) is 3.60. The highest BCUT2D eigenvalue weighted by molar-refractivity contribution is 5.67. The zero-order valence-electron chi connectivity index (χ0n) is 11.8. The number of carbonyl (C=O) groups is 1. The van der Waals surface area contributed by atoms with Crippen LogP contribution >= 0.6 is 0 Å². The van der Waals surface area contributed by atoms with E-state index in [4.69, 9.17) is 4.74 Å². The molecule has 1 aromatic carbocycles. The zero-order valence-corrected chi connectivity index (χ0v) is 11.8. The number of hydrogen-bond donors (Lipinski definition) is 1. The van der Waals surface area contributed by atoms with E-state index in [1.165, 1.54) is 17.5 Å². The molecule has 1 aromatic heterocycles. The molecule has 0 atom stereocenters. The molecule has 0 saturated heterocycles. The summed E-state index contributed by atoms with van der Waals surface area (Å²) in [5.41, 5.74) is 4.56. The summed E-state index contributed by atoms with van der Waals surface area (Å²) in [5.74, 6) is 0. The van der Waals surface area contributed by atoms with E-state index in [0.29, 0.717) is 6.54 Å². The molecule has 0 aliphatic heterocycles. The fourth-order valence-corrected chi connectivity index (χ4v) is 2.54. The maximum Gasteiger partial charge on any atom is 0.407 e. The maximum absolute atomic E-state index is 11.7. The Morgan fingerprint density at radius 2 is 2.00 bits per heavy atom. The minimum absolute atomic E-state index is 0.282. The number of aromatic nitrogens is 1. The molecule has 1 N–H and O–H groups in total. The van der Waals surface area contributed by atoms with Crippen molar-refractivity contribution >= 4 is 6.09 Å². The van der Waals surface area contributed by atoms with Gasteiger partial charge in [-0.05, 0) is 42.0 Å². The second-order valence-corrected chi connectivity index (χ2v) is 5.21. The molecule has 4 heteroatoms. The lowest BCUT2D eigenvalue weighted by Crippen LogP contribution is -2.24. The first kappa shape index (κ1) is 13.6. The van der Waals surface area contributed by atoms with Gasteiger partial charge in [0.2, 0.25) is 0 Å². The van der Waals surface area contributed by atoms with Crippen LogP contribution in [0.4, 0.5) is 4.79 Å². The second kappa shape index (κ2) is 6.39. The van der Waals surface area contributed by atoms with E-state index in [-0.39, 0.29) is 6.61 Å². The van der Waals surface area contributed by atoms with Crippen molar-refractivity contribution in [1.29, 1.82) is 0 Å². The summed E-state index contributed by atoms with van der Waals surface area (Å²) in [6, 6.07) is 11.7. The van der Waals surface area contributed by atoms with Crippen LogP contribution in [0, 0.1) is 0 Å². The molecule has 1 aliphatic rings. The number of nitrogens with zero attached hydrogens (tertiary/aromatic N) is 1. The molecule has 21 heavy (non-hydrogen) atoms. The van der Waals surface area contributed by atoms with Gasteiger partial charge in [-0.3, -0.25) is 4.98 Å². The molecule has 4 nitrogen and oxygen atoms in total. The van der Waals surface area contributed by atoms with Crippen molar-refractivity contribution in [3.05, 3.63) is 65.0 Å². The largest absolute Gasteiger partial charge is 0.445 e. The maximum atomic E-state index is 11.7. The van der Waals surface area contributed by atoms with Crippen molar-refractivity contribution in [3.8, 4) is 0 Å². The second-order valence-electron chi connectivity index (χ2n) is 5.21. The molecule has 108 valence electrons. The summed E-state index contributed by atoms with van der Waals surface area (Å²) in [7, 11) is 0. The number of amides is 1. The summed E-state index contributed by atoms with van der Waals surface area (Å²) in [5, 5.41) is 2.74. The smallest absolute Gasteiger partial charge is 0.407 e. The van der Waals surface area contributed by atoms with Gasteiger partial charge in [0.1, 0.15) is 6.61 Å². The summed E-state index contributed by atoms with van der Waals surface area (Å²) in [4.78, 5) is 16.0. The van der Waals surface area contributed by atoms with E-state index in [9.17, 15) is 4.79 Å². The molecule has 1 aliphatic carbocycles. The van der Waals surface area contributed by atoms with Crippen LogP contribution in [0.2, 0.25) is 0 Å². The van der Waals surface area contributed by atoms with Gasteiger partial charge < -0.3 is 10.1 Å². The number of carbonyl (C=O) groups excluding carboxylic acids is 1. The van der Waals surface area contributed by atoms with Crippen molar-refractivity contribution in [2.75, 3.05) is 0 Å². The molecule has 0 radical (unpaired) electrons. The van der Waals surface area contributed by atoms with Crippen LogP contribution in [0.3, 0.4) is 0 Å². The van der Waals surface area contributed by atoms with Crippen molar-refractivity contribution in [3.63, 3.8) is 0 Å². The van der Waals surface area contributed by atoms with E-state index >= 15 is 0 Å². The van der Waals surface area contributed by atoms with E-state index in [1.54, 1.807) is 0 Å². The van der Waals surface area contributed by atoms with Crippen LogP contribution in [0.25, 0.3) is 0 Å². The first-order valence-corrected chi connectivity index (χ1v) is 7.22. The van der Waals surface area contributed by atoms with Gasteiger partial charge in [-0.1, -0.05) is 30.3 Å². The van der Waals surface area contributed by atoms with Gasteiger partial charge in [0.15, 0.2) is 0 Å². The summed E-state index contributed by atoms with van der Waals surface area (Å²) < 4.78 is 5.16. The SMILES string of the molecule is O=C(NCc1cc2c(cn1)CCC2)OCc1ccccc1. The number of ether oxygens (including phenoxy) is 1. The number of fused-ring (bicyclic) bond motifs is 1. The topological polar surface area (TPSA) is 51.2 Å². The van der Waals surface area contributed by atoms with E-state index < -0.39 is 6.09 Å². The number of rotatable bonds is 4. The summed E-state index contributed by atoms with van der Waals surface area (Å²) in [6.45, 7) is 0.686. The predicted octanol–water partition coefficient (Wildman–Crippen LogP) is 3.00. The number of hydrogen-bond acceptors (Lipinski definition) is 3. The van der Waals surface area contributed by atoms with Gasteiger partial charge in [-0.25, -0.2) is 4.79 Å². The van der Waals surface area contributed by atoms with Crippen molar-refractivity contribution in [1.82, 2.24) is 10.3 Å². The van der Waals surface area contributed by atoms with Crippen LogP contribution in [-0.4, -0.2) is 11.1 Å². The molecule has 0 saturated carbocycles. The quantitative estimate of drug-likeness (QED) is 0.938. The number of alkyl carbamates (subject to hydrolysis) is 1. The van der Waals surface area contributed by atoms with Crippen LogP contribution < -0.4 is 5.32 Å². The van der Waals surface area contributed by atoms with Crippen LogP contribution in [0.1, 0.15) is 28.8 Å². The van der Waals surface area contributed by atoms with Gasteiger partial charge in [0.25, 0.3) is 0 Å². The van der Waals surface area contributed by atoms with Crippen molar-refractivity contribution in [2.24, 2.45) is 0 Å². The first-order valence-electron chi connectivity index (χ1n) is 7.22. The zero-order chi connectivity index (χ0) is 14.5. The van der Waals surface area contributed by atoms with Gasteiger partial charge in [-0.15, -0.1) is 0 Å². The Labute approximate surface area is 124 Å². The minimum atomic E-state index is -0.416. The average Bonchev–Trinajstić information content (AvgIpc) is 2.99. The van der Waals surface area contributed by atoms with Gasteiger partial charge in [0.05, 0.1) is 12.2 Å². The average molecular weight is 282 g/mol. The molecule has 2 aromatic rings. The number of pyridine rings is 1. The number of aryl methyl sites for hydroxylation is 2. The monoisotopic (exact) mass is 282 g/mol. The fourth-order valence-electron chi connectivity index (χ4n) is 2.54. The predicted molar refractivity (Wildman–Crippen MR) is 79.7 cm³/mol. The van der Waals surface area contributed by atoms with Gasteiger partial charge in [0, 0.05) is 6.20 Å². The fraction of sp³-hybridized carbons (Fsp3) is 0.294. The van der Waals surface area contributed by atoms with Crippen molar-refractivity contribution in [2.45, 2.75) is 32.4 Å². The van der Waals surface area contributed by atoms with Crippen molar-refractivity contribution < 1.29 is 9.53 Å². The summed E-state index contributed by atoms with van der Waals surface area (Å²) >= 11 is 0. The Morgan fingerprint density at radius 1 is 1.19 bits per heavy atom. The molecule has 1 heterocycles. The molecule has 0 unspecified atom stereocenters. The molecule has 1 amide bonds. The minimum Gasteiger partial charge on any atom is -0.445 e. The third-order valence-corrected chi connectivity index (χ3v) is 3.66. The van der Waals surface area contributed by atoms with Crippen LogP contribution in [0.5, 0.6) is 0 Å². The van der Waals surface area contributed by atoms with Crippen LogP contribution in [-0.2, 0) is 30.7 Å². The highest BCUT2D eigenvalue weighted by Crippen LogP contribution is 2.21. The Balaban J connectivity index is 1.47.